The Labute approximate surface area is 167 Å². The van der Waals surface area contributed by atoms with Gasteiger partial charge in [0.15, 0.2) is 0 Å². The number of urea groups is 1. The van der Waals surface area contributed by atoms with Gasteiger partial charge in [-0.2, -0.15) is 13.2 Å². The van der Waals surface area contributed by atoms with E-state index in [-0.39, 0.29) is 16.4 Å². The van der Waals surface area contributed by atoms with E-state index in [0.29, 0.717) is 11.4 Å². The predicted molar refractivity (Wildman–Crippen MR) is 104 cm³/mol. The minimum absolute atomic E-state index is 0.0409. The van der Waals surface area contributed by atoms with Crippen molar-refractivity contribution in [3.05, 3.63) is 70.9 Å². The summed E-state index contributed by atoms with van der Waals surface area (Å²) in [5, 5.41) is 4.71. The summed E-state index contributed by atoms with van der Waals surface area (Å²) in [4.78, 5) is 26.1. The largest absolute Gasteiger partial charge is 0.416 e. The number of carbonyl (C=O) groups is 2. The molecule has 0 saturated heterocycles. The van der Waals surface area contributed by atoms with Crippen LogP contribution >= 0.6 is 11.6 Å². The van der Waals surface area contributed by atoms with Crippen molar-refractivity contribution < 1.29 is 22.8 Å². The van der Waals surface area contributed by atoms with Crippen LogP contribution in [0.1, 0.15) is 16.1 Å². The molecule has 3 amide bonds. The number of anilines is 2. The molecule has 0 unspecified atom stereocenters. The second-order valence-corrected chi connectivity index (χ2v) is 6.41. The van der Waals surface area contributed by atoms with Crippen LogP contribution in [0.15, 0.2) is 54.6 Å². The zero-order valence-electron chi connectivity index (χ0n) is 14.6. The maximum absolute atomic E-state index is 12.7. The first kappa shape index (κ1) is 20.3. The van der Waals surface area contributed by atoms with Gasteiger partial charge < -0.3 is 21.4 Å². The molecule has 5 N–H and O–H groups in total. The number of nitrogens with two attached hydrogens (primary N) is 1. The molecular formula is C19H14ClF3N4O2. The van der Waals surface area contributed by atoms with Gasteiger partial charge in [-0.1, -0.05) is 23.7 Å². The first-order valence-corrected chi connectivity index (χ1v) is 8.55. The predicted octanol–water partition coefficient (Wildman–Crippen LogP) is 5.10. The number of H-pyrrole nitrogens is 1. The maximum Gasteiger partial charge on any atom is 0.416 e. The molecule has 0 radical (unpaired) electrons. The second kappa shape index (κ2) is 7.88. The van der Waals surface area contributed by atoms with E-state index in [1.54, 1.807) is 36.4 Å². The Morgan fingerprint density at radius 1 is 0.966 bits per heavy atom. The molecule has 10 heteroatoms. The Balaban J connectivity index is 1.66. The topological polar surface area (TPSA) is 100 Å². The summed E-state index contributed by atoms with van der Waals surface area (Å²) in [6.45, 7) is 0. The number of alkyl halides is 3. The van der Waals surface area contributed by atoms with Crippen LogP contribution < -0.4 is 16.4 Å². The van der Waals surface area contributed by atoms with Crippen molar-refractivity contribution in [2.45, 2.75) is 6.18 Å². The first-order valence-electron chi connectivity index (χ1n) is 8.17. The third-order valence-corrected chi connectivity index (χ3v) is 4.26. The van der Waals surface area contributed by atoms with Crippen LogP contribution in [0.3, 0.4) is 0 Å². The molecule has 0 bridgehead atoms. The van der Waals surface area contributed by atoms with Crippen molar-refractivity contribution in [1.82, 2.24) is 4.98 Å². The molecule has 0 aliphatic carbocycles. The van der Waals surface area contributed by atoms with Gasteiger partial charge in [-0.15, -0.1) is 0 Å². The third kappa shape index (κ3) is 4.88. The number of amides is 3. The lowest BCUT2D eigenvalue weighted by Crippen LogP contribution is -2.19. The van der Waals surface area contributed by atoms with Gasteiger partial charge in [-0.25, -0.2) is 4.79 Å². The standard InChI is InChI=1S/C19H14ClF3N4O2/c20-13-9-11(19(21,22)23)3-6-15(13)27-18(29)25-12-4-1-10(2-5-12)14-7-8-16(26-14)17(24)28/h1-9,26H,(H2,24,28)(H2,25,27,29). The second-order valence-electron chi connectivity index (χ2n) is 6.00. The first-order chi connectivity index (χ1) is 13.6. The van der Waals surface area contributed by atoms with E-state index in [0.717, 1.165) is 23.8 Å². The van der Waals surface area contributed by atoms with Crippen LogP contribution in [-0.4, -0.2) is 16.9 Å². The highest BCUT2D eigenvalue weighted by molar-refractivity contribution is 6.33. The van der Waals surface area contributed by atoms with Gasteiger partial charge in [0.2, 0.25) is 0 Å². The number of primary amides is 1. The van der Waals surface area contributed by atoms with Crippen molar-refractivity contribution in [3.8, 4) is 11.3 Å². The Kier molecular flexibility index (Phi) is 5.51. The van der Waals surface area contributed by atoms with E-state index in [4.69, 9.17) is 17.3 Å². The van der Waals surface area contributed by atoms with Crippen molar-refractivity contribution in [2.24, 2.45) is 5.73 Å². The van der Waals surface area contributed by atoms with Gasteiger partial charge in [0, 0.05) is 11.4 Å². The van der Waals surface area contributed by atoms with Gasteiger partial charge >= 0.3 is 12.2 Å². The highest BCUT2D eigenvalue weighted by Gasteiger charge is 2.31. The average Bonchev–Trinajstić information content (AvgIpc) is 3.13. The Bertz CT molecular complexity index is 1060. The van der Waals surface area contributed by atoms with Gasteiger partial charge in [0.1, 0.15) is 5.69 Å². The summed E-state index contributed by atoms with van der Waals surface area (Å²) in [5.41, 5.74) is 6.47. The van der Waals surface area contributed by atoms with Crippen molar-refractivity contribution in [2.75, 3.05) is 10.6 Å². The Hall–Kier alpha value is -3.46. The Morgan fingerprint density at radius 3 is 2.21 bits per heavy atom. The zero-order chi connectivity index (χ0) is 21.2. The van der Waals surface area contributed by atoms with E-state index >= 15 is 0 Å². The molecule has 0 aliphatic heterocycles. The number of benzene rings is 2. The molecule has 0 aliphatic rings. The van der Waals surface area contributed by atoms with E-state index < -0.39 is 23.7 Å². The fraction of sp³-hybridized carbons (Fsp3) is 0.0526. The van der Waals surface area contributed by atoms with Crippen LogP contribution in [0, 0.1) is 0 Å². The number of hydrogen-bond acceptors (Lipinski definition) is 2. The van der Waals surface area contributed by atoms with Crippen molar-refractivity contribution >= 4 is 34.9 Å². The zero-order valence-corrected chi connectivity index (χ0v) is 15.4. The Morgan fingerprint density at radius 2 is 1.66 bits per heavy atom. The lowest BCUT2D eigenvalue weighted by molar-refractivity contribution is -0.137. The summed E-state index contributed by atoms with van der Waals surface area (Å²) >= 11 is 5.82. The molecule has 3 rings (SSSR count). The number of hydrogen-bond donors (Lipinski definition) is 4. The molecule has 150 valence electrons. The lowest BCUT2D eigenvalue weighted by Gasteiger charge is -2.12. The summed E-state index contributed by atoms with van der Waals surface area (Å²) in [6, 6.07) is 11.9. The summed E-state index contributed by atoms with van der Waals surface area (Å²) < 4.78 is 38.0. The number of nitrogens with one attached hydrogen (secondary N) is 3. The van der Waals surface area contributed by atoms with Gasteiger partial charge in [-0.3, -0.25) is 4.79 Å². The molecule has 3 aromatic rings. The monoisotopic (exact) mass is 422 g/mol. The average molecular weight is 423 g/mol. The number of aromatic nitrogens is 1. The molecule has 2 aromatic carbocycles. The molecule has 0 atom stereocenters. The van der Waals surface area contributed by atoms with Gasteiger partial charge in [-0.05, 0) is 48.0 Å². The number of aromatic amines is 1. The summed E-state index contributed by atoms with van der Waals surface area (Å²) in [5.74, 6) is -0.576. The van der Waals surface area contributed by atoms with Crippen molar-refractivity contribution in [3.63, 3.8) is 0 Å². The molecule has 29 heavy (non-hydrogen) atoms. The van der Waals surface area contributed by atoms with Gasteiger partial charge in [0.05, 0.1) is 16.3 Å². The molecule has 0 fully saturated rings. The van der Waals surface area contributed by atoms with Crippen LogP contribution in [0.5, 0.6) is 0 Å². The number of carbonyl (C=O) groups excluding carboxylic acids is 2. The quantitative estimate of drug-likeness (QED) is 0.470. The van der Waals surface area contributed by atoms with E-state index in [1.165, 1.54) is 0 Å². The number of halogens is 4. The lowest BCUT2D eigenvalue weighted by atomic mass is 10.1. The van der Waals surface area contributed by atoms with Crippen molar-refractivity contribution in [1.29, 1.82) is 0 Å². The fourth-order valence-corrected chi connectivity index (χ4v) is 2.75. The van der Waals surface area contributed by atoms with E-state index in [2.05, 4.69) is 15.6 Å². The number of rotatable bonds is 4. The van der Waals surface area contributed by atoms with Crippen LogP contribution in [0.2, 0.25) is 5.02 Å². The van der Waals surface area contributed by atoms with Crippen LogP contribution in [0.25, 0.3) is 11.3 Å². The van der Waals surface area contributed by atoms with Gasteiger partial charge in [0.25, 0.3) is 5.91 Å². The summed E-state index contributed by atoms with van der Waals surface area (Å²) in [7, 11) is 0. The molecule has 6 nitrogen and oxygen atoms in total. The highest BCUT2D eigenvalue weighted by atomic mass is 35.5. The molecule has 0 spiro atoms. The van der Waals surface area contributed by atoms with E-state index in [1.807, 2.05) is 0 Å². The normalized spacial score (nSPS) is 11.2. The SMILES string of the molecule is NC(=O)c1ccc(-c2ccc(NC(=O)Nc3ccc(C(F)(F)F)cc3Cl)cc2)[nH]1. The minimum Gasteiger partial charge on any atom is -0.364 e. The van der Waals surface area contributed by atoms with E-state index in [9.17, 15) is 22.8 Å². The minimum atomic E-state index is -4.52. The third-order valence-electron chi connectivity index (χ3n) is 3.95. The molecule has 0 saturated carbocycles. The summed E-state index contributed by atoms with van der Waals surface area (Å²) in [6.07, 6.45) is -4.52. The van der Waals surface area contributed by atoms with Crippen LogP contribution in [-0.2, 0) is 6.18 Å². The van der Waals surface area contributed by atoms with Crippen LogP contribution in [0.4, 0.5) is 29.3 Å². The molecule has 1 aromatic heterocycles. The maximum atomic E-state index is 12.7. The molecular weight excluding hydrogens is 409 g/mol. The highest BCUT2D eigenvalue weighted by Crippen LogP contribution is 2.33. The molecule has 1 heterocycles. The smallest absolute Gasteiger partial charge is 0.364 e. The fourth-order valence-electron chi connectivity index (χ4n) is 2.52.